The number of rotatable bonds is 8. The van der Waals surface area contributed by atoms with Crippen LogP contribution in [0.15, 0.2) is 413 Å². The van der Waals surface area contributed by atoms with Crippen LogP contribution in [0, 0.1) is 0 Å². The minimum atomic E-state index is 1.17. The Bertz CT molecular complexity index is 7580. The molecule has 0 saturated carbocycles. The first-order valence-corrected chi connectivity index (χ1v) is 38.7. The zero-order valence-corrected chi connectivity index (χ0v) is 61.0. The van der Waals surface area contributed by atoms with Crippen LogP contribution in [0.3, 0.4) is 0 Å². The molecule has 24 aromatic rings. The Morgan fingerprint density at radius 2 is 0.339 bits per heavy atom. The van der Waals surface area contributed by atoms with E-state index in [0.29, 0.717) is 0 Å². The van der Waals surface area contributed by atoms with Crippen molar-refractivity contribution in [2.24, 2.45) is 0 Å². The summed E-state index contributed by atoms with van der Waals surface area (Å²) < 4.78 is 9.61. The highest BCUT2D eigenvalue weighted by atomic mass is 15.0. The largest absolute Gasteiger partial charge is 0.309 e. The lowest BCUT2D eigenvalue weighted by Gasteiger charge is -2.16. The third kappa shape index (κ3) is 9.95. The van der Waals surface area contributed by atoms with Gasteiger partial charge in [-0.15, -0.1) is 0 Å². The molecule has 0 aliphatic rings. The van der Waals surface area contributed by atoms with Crippen LogP contribution in [0.4, 0.5) is 0 Å². The first-order chi connectivity index (χ1) is 55.6. The SMILES string of the molecule is c1ccc2c(-c3ccc4cc(-n5c6ccccc6c6ccccc65)ccc4c3)ccc(-c3ccc4cc(-n5c6ccccc6c6ccccc65)ccc4c3)c2c1.c1ccc2c(-c3cccc4c(-n5c6ccccc6c6ccccc65)cccc34)ccc(-c3ccc4cc(-n5c6ccccc6c6ccccc65)ccc4c3)c2c1. The lowest BCUT2D eigenvalue weighted by Crippen LogP contribution is -1.96. The van der Waals surface area contributed by atoms with Gasteiger partial charge < -0.3 is 18.3 Å². The molecule has 0 bridgehead atoms. The maximum absolute atomic E-state index is 2.43. The molecule has 112 heavy (non-hydrogen) atoms. The van der Waals surface area contributed by atoms with Crippen LogP contribution in [0.1, 0.15) is 0 Å². The molecule has 0 N–H and O–H groups in total. The average Bonchev–Trinajstić information content (AvgIpc) is 1.39. The van der Waals surface area contributed by atoms with E-state index in [1.807, 2.05) is 0 Å². The topological polar surface area (TPSA) is 19.7 Å². The Morgan fingerprint density at radius 1 is 0.125 bits per heavy atom. The second-order valence-corrected chi connectivity index (χ2v) is 29.8. The number of nitrogens with zero attached hydrogens (tertiary/aromatic N) is 4. The molecule has 0 saturated heterocycles. The van der Waals surface area contributed by atoms with E-state index in [2.05, 4.69) is 431 Å². The summed E-state index contributed by atoms with van der Waals surface area (Å²) in [5, 5.41) is 25.1. The molecule has 4 nitrogen and oxygen atoms in total. The molecule has 0 amide bonds. The fourth-order valence-corrected chi connectivity index (χ4v) is 18.7. The molecule has 4 heteroatoms. The lowest BCUT2D eigenvalue weighted by molar-refractivity contribution is 1.19. The highest BCUT2D eigenvalue weighted by Crippen LogP contribution is 2.45. The van der Waals surface area contributed by atoms with Crippen molar-refractivity contribution in [3.63, 3.8) is 0 Å². The van der Waals surface area contributed by atoms with Crippen molar-refractivity contribution < 1.29 is 0 Å². The second-order valence-electron chi connectivity index (χ2n) is 29.8. The van der Waals surface area contributed by atoms with Gasteiger partial charge in [0, 0.05) is 65.5 Å². The summed E-state index contributed by atoms with van der Waals surface area (Å²) in [6, 6.07) is 152. The van der Waals surface area contributed by atoms with Gasteiger partial charge in [0.1, 0.15) is 0 Å². The summed E-state index contributed by atoms with van der Waals surface area (Å²) in [5.74, 6) is 0. The molecule has 0 unspecified atom stereocenters. The minimum absolute atomic E-state index is 1.17. The molecule has 4 heterocycles. The van der Waals surface area contributed by atoms with Gasteiger partial charge >= 0.3 is 0 Å². The third-order valence-corrected chi connectivity index (χ3v) is 23.8. The quantitative estimate of drug-likeness (QED) is 0.144. The summed E-state index contributed by atoms with van der Waals surface area (Å²) in [5.41, 5.74) is 24.4. The number of benzene rings is 20. The Labute approximate surface area is 645 Å². The summed E-state index contributed by atoms with van der Waals surface area (Å²) in [6.45, 7) is 0. The summed E-state index contributed by atoms with van der Waals surface area (Å²) in [6.07, 6.45) is 0. The van der Waals surface area contributed by atoms with Gasteiger partial charge in [-0.1, -0.05) is 303 Å². The normalized spacial score (nSPS) is 11.9. The first-order valence-electron chi connectivity index (χ1n) is 38.7. The van der Waals surface area contributed by atoms with Crippen molar-refractivity contribution in [3.8, 4) is 67.3 Å². The lowest BCUT2D eigenvalue weighted by atomic mass is 9.89. The Hall–Kier alpha value is -14.8. The van der Waals surface area contributed by atoms with Gasteiger partial charge in [0.15, 0.2) is 0 Å². The van der Waals surface area contributed by atoms with E-state index in [0.717, 1.165) is 0 Å². The van der Waals surface area contributed by atoms with Crippen molar-refractivity contribution in [3.05, 3.63) is 413 Å². The van der Waals surface area contributed by atoms with Crippen LogP contribution in [0.2, 0.25) is 0 Å². The van der Waals surface area contributed by atoms with Gasteiger partial charge in [0.25, 0.3) is 0 Å². The van der Waals surface area contributed by atoms with Crippen LogP contribution >= 0.6 is 0 Å². The number of hydrogen-bond acceptors (Lipinski definition) is 0. The van der Waals surface area contributed by atoms with E-state index in [1.165, 1.54) is 219 Å². The predicted octanol–water partition coefficient (Wildman–Crippen LogP) is 29.3. The zero-order valence-electron chi connectivity index (χ0n) is 61.0. The number of para-hydroxylation sites is 8. The van der Waals surface area contributed by atoms with Gasteiger partial charge in [-0.25, -0.2) is 0 Å². The molecular weight excluding hydrogens is 1350 g/mol. The van der Waals surface area contributed by atoms with Crippen LogP contribution in [-0.4, -0.2) is 18.3 Å². The highest BCUT2D eigenvalue weighted by molar-refractivity contribution is 6.17. The Balaban J connectivity index is 0.000000134. The smallest absolute Gasteiger partial charge is 0.0541 e. The van der Waals surface area contributed by atoms with Gasteiger partial charge in [-0.3, -0.25) is 0 Å². The predicted molar refractivity (Wildman–Crippen MR) is 477 cm³/mol. The maximum atomic E-state index is 2.43. The van der Waals surface area contributed by atoms with Crippen molar-refractivity contribution >= 4 is 152 Å². The van der Waals surface area contributed by atoms with E-state index in [1.54, 1.807) is 0 Å². The molecule has 24 rings (SSSR count). The maximum Gasteiger partial charge on any atom is 0.0541 e. The van der Waals surface area contributed by atoms with E-state index < -0.39 is 0 Å². The highest BCUT2D eigenvalue weighted by Gasteiger charge is 2.21. The third-order valence-electron chi connectivity index (χ3n) is 23.8. The average molecular weight is 1420 g/mol. The van der Waals surface area contributed by atoms with E-state index in [4.69, 9.17) is 0 Å². The second kappa shape index (κ2) is 25.4. The molecule has 0 radical (unpaired) electrons. The molecule has 20 aromatic carbocycles. The monoisotopic (exact) mass is 1420 g/mol. The van der Waals surface area contributed by atoms with E-state index >= 15 is 0 Å². The Kier molecular flexibility index (Phi) is 14.3. The number of fused-ring (bicyclic) bond motifs is 18. The van der Waals surface area contributed by atoms with Crippen molar-refractivity contribution in [1.29, 1.82) is 0 Å². The standard InChI is InChI=1S/2C54H34N2/c1-2-14-41-40(13-1)39(37-28-27-36-34-38(30-29-35(36)33-37)55-50-22-7-3-15-46(50)47-16-4-8-23-51(47)55)31-32-44(41)42-19-11-21-45-43(42)20-12-26-54(45)56-52-24-9-5-17-48(52)49-18-6-10-25-53(49)56;1-2-12-46-44(40-24-22-38-34-42(28-26-36(38)32-40)56-53-19-9-5-15-49(53)50-16-6-10-20-54(50)56)30-29-43(45(46)11-1)39-23-21-37-33-41(27-25-35(37)31-39)55-51-17-7-3-13-47(51)48-14-4-8-18-52(48)55/h2*1-34H. The Morgan fingerprint density at radius 3 is 0.661 bits per heavy atom. The molecule has 0 atom stereocenters. The number of aromatic nitrogens is 4. The minimum Gasteiger partial charge on any atom is -0.309 e. The molecular formula is C108H68N4. The number of hydrogen-bond donors (Lipinski definition) is 0. The summed E-state index contributed by atoms with van der Waals surface area (Å²) in [7, 11) is 0. The van der Waals surface area contributed by atoms with Crippen LogP contribution in [-0.2, 0) is 0 Å². The van der Waals surface area contributed by atoms with Crippen molar-refractivity contribution in [2.75, 3.05) is 0 Å². The van der Waals surface area contributed by atoms with Gasteiger partial charge in [-0.2, -0.15) is 0 Å². The van der Waals surface area contributed by atoms with Crippen LogP contribution in [0.25, 0.3) is 219 Å². The fourth-order valence-electron chi connectivity index (χ4n) is 18.7. The van der Waals surface area contributed by atoms with Crippen LogP contribution < -0.4 is 0 Å². The van der Waals surface area contributed by atoms with Crippen molar-refractivity contribution in [2.45, 2.75) is 0 Å². The molecule has 520 valence electrons. The van der Waals surface area contributed by atoms with Gasteiger partial charge in [-0.05, 0) is 213 Å². The van der Waals surface area contributed by atoms with E-state index in [9.17, 15) is 0 Å². The molecule has 0 aliphatic carbocycles. The summed E-state index contributed by atoms with van der Waals surface area (Å²) >= 11 is 0. The molecule has 0 spiro atoms. The fraction of sp³-hybridized carbons (Fsp3) is 0. The molecule has 0 fully saturated rings. The van der Waals surface area contributed by atoms with Crippen molar-refractivity contribution in [1.82, 2.24) is 18.3 Å². The molecule has 0 aliphatic heterocycles. The first kappa shape index (κ1) is 63.3. The summed E-state index contributed by atoms with van der Waals surface area (Å²) in [4.78, 5) is 0. The van der Waals surface area contributed by atoms with E-state index in [-0.39, 0.29) is 0 Å². The molecule has 4 aromatic heterocycles. The van der Waals surface area contributed by atoms with Crippen LogP contribution in [0.5, 0.6) is 0 Å². The van der Waals surface area contributed by atoms with Gasteiger partial charge in [0.05, 0.1) is 49.8 Å². The zero-order chi connectivity index (χ0) is 73.5. The van der Waals surface area contributed by atoms with Gasteiger partial charge in [0.2, 0.25) is 0 Å².